The van der Waals surface area contributed by atoms with Gasteiger partial charge in [-0.1, -0.05) is 0 Å². The predicted molar refractivity (Wildman–Crippen MR) is 76.9 cm³/mol. The molecule has 25 heavy (non-hydrogen) atoms. The number of carbonyl (C=O) groups excluding carboxylic acids is 1. The Morgan fingerprint density at radius 2 is 2.00 bits per heavy atom. The molecule has 0 N–H and O–H groups in total. The molecule has 0 unspecified atom stereocenters. The second-order valence-corrected chi connectivity index (χ2v) is 6.79. The van der Waals surface area contributed by atoms with E-state index in [4.69, 9.17) is 0 Å². The minimum absolute atomic E-state index is 0.00908. The van der Waals surface area contributed by atoms with Crippen molar-refractivity contribution in [3.63, 3.8) is 0 Å². The van der Waals surface area contributed by atoms with Crippen molar-refractivity contribution in [2.24, 2.45) is 0 Å². The van der Waals surface area contributed by atoms with Gasteiger partial charge in [-0.2, -0.15) is 26.6 Å². The summed E-state index contributed by atoms with van der Waals surface area (Å²) in [5.74, 6) is -3.02. The molecule has 7 nitrogen and oxygen atoms in total. The Morgan fingerprint density at radius 1 is 1.32 bits per heavy atom. The SMILES string of the molecule is CCOC(=O)c1sc(-c2cncc(F)c2)nc1OS(=O)(=O)C(F)(F)F. The molecule has 0 atom stereocenters. The van der Waals surface area contributed by atoms with Crippen molar-refractivity contribution in [1.82, 2.24) is 9.97 Å². The van der Waals surface area contributed by atoms with Crippen molar-refractivity contribution in [2.75, 3.05) is 6.61 Å². The molecule has 0 amide bonds. The van der Waals surface area contributed by atoms with E-state index in [-0.39, 0.29) is 17.2 Å². The quantitative estimate of drug-likeness (QED) is 0.330. The number of esters is 1. The van der Waals surface area contributed by atoms with E-state index in [9.17, 15) is 30.8 Å². The largest absolute Gasteiger partial charge is 0.534 e. The number of hydrogen-bond acceptors (Lipinski definition) is 8. The van der Waals surface area contributed by atoms with Crippen molar-refractivity contribution < 1.29 is 39.7 Å². The zero-order valence-corrected chi connectivity index (χ0v) is 13.8. The van der Waals surface area contributed by atoms with Gasteiger partial charge in [-0.3, -0.25) is 4.98 Å². The maximum Gasteiger partial charge on any atom is 0.534 e. The van der Waals surface area contributed by atoms with E-state index in [0.29, 0.717) is 11.3 Å². The molecule has 2 aromatic rings. The molecule has 0 fully saturated rings. The number of pyridine rings is 1. The molecule has 0 aliphatic heterocycles. The number of alkyl halides is 3. The number of aromatic nitrogens is 2. The van der Waals surface area contributed by atoms with Crippen LogP contribution in [0.1, 0.15) is 16.6 Å². The summed E-state index contributed by atoms with van der Waals surface area (Å²) in [6.45, 7) is 1.31. The van der Waals surface area contributed by atoms with Crippen LogP contribution in [0.5, 0.6) is 5.88 Å². The third-order valence-electron chi connectivity index (χ3n) is 2.48. The molecule has 0 aliphatic carbocycles. The first-order valence-corrected chi connectivity index (χ1v) is 8.57. The Morgan fingerprint density at radius 3 is 2.56 bits per heavy atom. The van der Waals surface area contributed by atoms with Crippen LogP contribution in [0.15, 0.2) is 18.5 Å². The summed E-state index contributed by atoms with van der Waals surface area (Å²) < 4.78 is 81.5. The highest BCUT2D eigenvalue weighted by Crippen LogP contribution is 2.36. The highest BCUT2D eigenvalue weighted by Gasteiger charge is 2.49. The van der Waals surface area contributed by atoms with Gasteiger partial charge in [-0.15, -0.1) is 11.3 Å². The van der Waals surface area contributed by atoms with Gasteiger partial charge >= 0.3 is 21.6 Å². The number of ether oxygens (including phenoxy) is 1. The summed E-state index contributed by atoms with van der Waals surface area (Å²) >= 11 is 0.472. The lowest BCUT2D eigenvalue weighted by atomic mass is 10.3. The number of carbonyl (C=O) groups is 1. The molecule has 0 saturated heterocycles. The lowest BCUT2D eigenvalue weighted by Gasteiger charge is -2.08. The summed E-state index contributed by atoms with van der Waals surface area (Å²) in [6.07, 6.45) is 1.99. The molecule has 2 aromatic heterocycles. The molecule has 0 saturated carbocycles. The summed E-state index contributed by atoms with van der Waals surface area (Å²) in [4.78, 5) is 18.3. The number of thiazole rings is 1. The standard InChI is InChI=1S/C12H8F4N2O5S2/c1-2-22-11(19)8-9(23-25(20,21)12(14,15)16)18-10(24-8)6-3-7(13)5-17-4-6/h3-5H,2H2,1H3. The summed E-state index contributed by atoms with van der Waals surface area (Å²) in [7, 11) is -6.05. The van der Waals surface area contributed by atoms with Gasteiger partial charge in [0.2, 0.25) is 0 Å². The first kappa shape index (κ1) is 19.1. The molecule has 0 aliphatic rings. The van der Waals surface area contributed by atoms with Crippen molar-refractivity contribution in [3.8, 4) is 16.5 Å². The first-order valence-electron chi connectivity index (χ1n) is 6.34. The van der Waals surface area contributed by atoms with Crippen LogP contribution < -0.4 is 4.18 Å². The van der Waals surface area contributed by atoms with E-state index in [2.05, 4.69) is 18.9 Å². The zero-order valence-electron chi connectivity index (χ0n) is 12.2. The van der Waals surface area contributed by atoms with Gasteiger partial charge in [0.15, 0.2) is 4.88 Å². The minimum atomic E-state index is -6.05. The number of rotatable bonds is 5. The fourth-order valence-electron chi connectivity index (χ4n) is 1.49. The Balaban J connectivity index is 2.52. The predicted octanol–water partition coefficient (Wildman–Crippen LogP) is 2.75. The molecule has 0 bridgehead atoms. The van der Waals surface area contributed by atoms with E-state index in [1.165, 1.54) is 6.92 Å². The van der Waals surface area contributed by atoms with Crippen molar-refractivity contribution in [3.05, 3.63) is 29.2 Å². The summed E-state index contributed by atoms with van der Waals surface area (Å²) in [6, 6.07) is 0.947. The molecule has 0 spiro atoms. The van der Waals surface area contributed by atoms with Crippen LogP contribution in [0.3, 0.4) is 0 Å². The Kier molecular flexibility index (Phi) is 5.27. The average Bonchev–Trinajstić information content (AvgIpc) is 2.89. The third-order valence-corrected chi connectivity index (χ3v) is 4.49. The van der Waals surface area contributed by atoms with E-state index in [1.807, 2.05) is 0 Å². The van der Waals surface area contributed by atoms with E-state index < -0.39 is 38.2 Å². The van der Waals surface area contributed by atoms with Gasteiger partial charge in [0.25, 0.3) is 5.88 Å². The Hall–Kier alpha value is -2.28. The van der Waals surface area contributed by atoms with Crippen LogP contribution in [-0.2, 0) is 14.9 Å². The third kappa shape index (κ3) is 4.22. The van der Waals surface area contributed by atoms with Crippen LogP contribution in [0, 0.1) is 5.82 Å². The number of hydrogen-bond donors (Lipinski definition) is 0. The maximum absolute atomic E-state index is 13.2. The normalized spacial score (nSPS) is 12.0. The number of nitrogens with zero attached hydrogens (tertiary/aromatic N) is 2. The van der Waals surface area contributed by atoms with Gasteiger partial charge < -0.3 is 8.92 Å². The fourth-order valence-corrected chi connectivity index (χ4v) is 2.84. The van der Waals surface area contributed by atoms with E-state index >= 15 is 0 Å². The minimum Gasteiger partial charge on any atom is -0.462 e. The Bertz CT molecular complexity index is 895. The van der Waals surface area contributed by atoms with Crippen LogP contribution in [0.2, 0.25) is 0 Å². The van der Waals surface area contributed by atoms with Crippen LogP contribution in [0.4, 0.5) is 17.6 Å². The highest BCUT2D eigenvalue weighted by molar-refractivity contribution is 7.88. The zero-order chi connectivity index (χ0) is 18.8. The lowest BCUT2D eigenvalue weighted by molar-refractivity contribution is -0.0501. The van der Waals surface area contributed by atoms with Gasteiger partial charge in [0.1, 0.15) is 10.8 Å². The molecular weight excluding hydrogens is 392 g/mol. The molecule has 2 heterocycles. The second-order valence-electron chi connectivity index (χ2n) is 4.25. The van der Waals surface area contributed by atoms with Gasteiger partial charge in [-0.25, -0.2) is 9.18 Å². The molecular formula is C12H8F4N2O5S2. The van der Waals surface area contributed by atoms with Crippen molar-refractivity contribution in [1.29, 1.82) is 0 Å². The van der Waals surface area contributed by atoms with Crippen molar-refractivity contribution in [2.45, 2.75) is 12.4 Å². The lowest BCUT2D eigenvalue weighted by Crippen LogP contribution is -2.28. The fraction of sp³-hybridized carbons (Fsp3) is 0.250. The second kappa shape index (κ2) is 6.92. The van der Waals surface area contributed by atoms with Crippen molar-refractivity contribution >= 4 is 27.4 Å². The number of halogens is 4. The van der Waals surface area contributed by atoms with Crippen LogP contribution in [-0.4, -0.2) is 36.5 Å². The first-order chi connectivity index (χ1) is 11.5. The molecule has 0 aromatic carbocycles. The smallest absolute Gasteiger partial charge is 0.462 e. The molecule has 2 rings (SSSR count). The van der Waals surface area contributed by atoms with Gasteiger partial charge in [0, 0.05) is 11.8 Å². The maximum atomic E-state index is 13.2. The molecule has 136 valence electrons. The van der Waals surface area contributed by atoms with Gasteiger partial charge in [0.05, 0.1) is 12.8 Å². The topological polar surface area (TPSA) is 95.4 Å². The average molecular weight is 400 g/mol. The van der Waals surface area contributed by atoms with E-state index in [1.54, 1.807) is 0 Å². The highest BCUT2D eigenvalue weighted by atomic mass is 32.2. The molecule has 0 radical (unpaired) electrons. The summed E-state index contributed by atoms with van der Waals surface area (Å²) in [5.41, 5.74) is -5.71. The van der Waals surface area contributed by atoms with E-state index in [0.717, 1.165) is 18.5 Å². The monoisotopic (exact) mass is 400 g/mol. The summed E-state index contributed by atoms with van der Waals surface area (Å²) in [5, 5.41) is -0.178. The van der Waals surface area contributed by atoms with Gasteiger partial charge in [-0.05, 0) is 13.0 Å². The van der Waals surface area contributed by atoms with Crippen LogP contribution >= 0.6 is 11.3 Å². The molecule has 13 heteroatoms. The van der Waals surface area contributed by atoms with Crippen LogP contribution in [0.25, 0.3) is 10.6 Å². The Labute approximate surface area is 142 Å².